The molecule has 0 saturated carbocycles. The summed E-state index contributed by atoms with van der Waals surface area (Å²) in [6.45, 7) is 1.96. The van der Waals surface area contributed by atoms with Gasteiger partial charge in [0.25, 0.3) is 5.91 Å². The lowest BCUT2D eigenvalue weighted by Gasteiger charge is -2.12. The van der Waals surface area contributed by atoms with Gasteiger partial charge in [-0.05, 0) is 30.7 Å². The number of halogens is 4. The van der Waals surface area contributed by atoms with Gasteiger partial charge in [-0.1, -0.05) is 29.9 Å². The summed E-state index contributed by atoms with van der Waals surface area (Å²) in [6, 6.07) is 5.64. The van der Waals surface area contributed by atoms with Crippen LogP contribution in [0.3, 0.4) is 0 Å². The largest absolute Gasteiger partial charge is 0.434 e. The van der Waals surface area contributed by atoms with Gasteiger partial charge in [-0.3, -0.25) is 10.1 Å². The number of hydrogen-bond donors (Lipinski definition) is 1. The molecule has 1 aromatic carbocycles. The summed E-state index contributed by atoms with van der Waals surface area (Å²) >= 11 is 6.89. The van der Waals surface area contributed by atoms with Crippen molar-refractivity contribution >= 4 is 34.0 Å². The molecule has 0 aliphatic rings. The molecule has 0 bridgehead atoms. The smallest absolute Gasteiger partial charge is 0.296 e. The van der Waals surface area contributed by atoms with E-state index >= 15 is 0 Å². The van der Waals surface area contributed by atoms with Crippen LogP contribution in [0.2, 0.25) is 5.02 Å². The van der Waals surface area contributed by atoms with Gasteiger partial charge in [0.2, 0.25) is 5.13 Å². The maximum Gasteiger partial charge on any atom is 0.434 e. The molecule has 0 atom stereocenters. The molecule has 0 spiro atoms. The highest BCUT2D eigenvalue weighted by molar-refractivity contribution is 7.15. The van der Waals surface area contributed by atoms with E-state index < -0.39 is 23.3 Å². The zero-order valence-corrected chi connectivity index (χ0v) is 15.5. The Bertz CT molecular complexity index is 952. The lowest BCUT2D eigenvalue weighted by atomic mass is 10.2. The third kappa shape index (κ3) is 4.28. The summed E-state index contributed by atoms with van der Waals surface area (Å²) < 4.78 is 41.5. The number of nitrogens with one attached hydrogen (secondary N) is 1. The van der Waals surface area contributed by atoms with Crippen LogP contribution in [0, 0.1) is 0 Å². The number of benzene rings is 1. The van der Waals surface area contributed by atoms with Crippen LogP contribution >= 0.6 is 22.9 Å². The van der Waals surface area contributed by atoms with Crippen LogP contribution in [0.25, 0.3) is 5.69 Å². The third-order valence-corrected chi connectivity index (χ3v) is 4.66. The van der Waals surface area contributed by atoms with E-state index in [1.807, 2.05) is 6.92 Å². The number of carbonyl (C=O) groups is 1. The summed E-state index contributed by atoms with van der Waals surface area (Å²) in [7, 11) is 0. The van der Waals surface area contributed by atoms with Gasteiger partial charge in [-0.25, -0.2) is 4.68 Å². The van der Waals surface area contributed by atoms with E-state index in [-0.39, 0.29) is 10.8 Å². The average Bonchev–Trinajstić information content (AvgIpc) is 3.22. The first kappa shape index (κ1) is 19.3. The van der Waals surface area contributed by atoms with Crippen LogP contribution in [0.4, 0.5) is 18.3 Å². The number of amides is 1. The van der Waals surface area contributed by atoms with Gasteiger partial charge in [0.1, 0.15) is 5.01 Å². The minimum Gasteiger partial charge on any atom is -0.296 e. The van der Waals surface area contributed by atoms with Crippen LogP contribution in [-0.4, -0.2) is 25.9 Å². The van der Waals surface area contributed by atoms with Crippen molar-refractivity contribution in [3.05, 3.63) is 51.7 Å². The highest BCUT2D eigenvalue weighted by Crippen LogP contribution is 2.34. The van der Waals surface area contributed by atoms with E-state index in [2.05, 4.69) is 20.6 Å². The van der Waals surface area contributed by atoms with Crippen molar-refractivity contribution in [1.29, 1.82) is 0 Å². The van der Waals surface area contributed by atoms with Crippen LogP contribution < -0.4 is 5.32 Å². The molecule has 3 aromatic rings. The Labute approximate surface area is 161 Å². The average molecular weight is 416 g/mol. The second kappa shape index (κ2) is 7.65. The topological polar surface area (TPSA) is 72.7 Å². The number of aromatic nitrogens is 4. The number of nitrogens with zero attached hydrogens (tertiary/aromatic N) is 4. The third-order valence-electron chi connectivity index (χ3n) is 3.50. The van der Waals surface area contributed by atoms with Crippen LogP contribution in [0.1, 0.15) is 34.4 Å². The van der Waals surface area contributed by atoms with Crippen molar-refractivity contribution < 1.29 is 18.0 Å². The summed E-state index contributed by atoms with van der Waals surface area (Å²) in [5.74, 6) is -0.957. The Morgan fingerprint density at radius 1 is 1.26 bits per heavy atom. The molecule has 0 aliphatic carbocycles. The number of carbonyl (C=O) groups excluding carboxylic acids is 1. The van der Waals surface area contributed by atoms with Crippen molar-refractivity contribution in [1.82, 2.24) is 20.0 Å². The molecule has 0 aliphatic heterocycles. The van der Waals surface area contributed by atoms with E-state index in [9.17, 15) is 18.0 Å². The first-order valence-corrected chi connectivity index (χ1v) is 9.04. The molecule has 3 rings (SSSR count). The molecule has 2 heterocycles. The normalized spacial score (nSPS) is 11.6. The molecule has 142 valence electrons. The monoisotopic (exact) mass is 415 g/mol. The van der Waals surface area contributed by atoms with E-state index in [0.29, 0.717) is 21.1 Å². The molecular formula is C16H13ClF3N5OS. The molecule has 0 saturated heterocycles. The molecule has 1 amide bonds. The Kier molecular flexibility index (Phi) is 5.47. The molecule has 27 heavy (non-hydrogen) atoms. The van der Waals surface area contributed by atoms with Crippen molar-refractivity contribution in [2.75, 3.05) is 5.32 Å². The fourth-order valence-electron chi connectivity index (χ4n) is 2.35. The van der Waals surface area contributed by atoms with E-state index in [1.165, 1.54) is 24.3 Å². The fourth-order valence-corrected chi connectivity index (χ4v) is 3.31. The number of alkyl halides is 3. The molecule has 0 fully saturated rings. The van der Waals surface area contributed by atoms with Gasteiger partial charge < -0.3 is 0 Å². The first-order chi connectivity index (χ1) is 12.8. The first-order valence-electron chi connectivity index (χ1n) is 7.84. The number of rotatable bonds is 5. The molecule has 11 heteroatoms. The maximum atomic E-state index is 13.6. The predicted octanol–water partition coefficient (Wildman–Crippen LogP) is 4.60. The van der Waals surface area contributed by atoms with Crippen molar-refractivity contribution in [2.24, 2.45) is 0 Å². The van der Waals surface area contributed by atoms with Gasteiger partial charge in [0.05, 0.1) is 17.4 Å². The quantitative estimate of drug-likeness (QED) is 0.661. The lowest BCUT2D eigenvalue weighted by molar-refractivity contribution is -0.143. The van der Waals surface area contributed by atoms with Gasteiger partial charge >= 0.3 is 6.18 Å². The van der Waals surface area contributed by atoms with Crippen LogP contribution in [-0.2, 0) is 12.6 Å². The Morgan fingerprint density at radius 2 is 1.96 bits per heavy atom. The van der Waals surface area contributed by atoms with Crippen LogP contribution in [0.5, 0.6) is 0 Å². The van der Waals surface area contributed by atoms with Gasteiger partial charge in [-0.2, -0.15) is 18.3 Å². The maximum absolute atomic E-state index is 13.6. The van der Waals surface area contributed by atoms with E-state index in [4.69, 9.17) is 11.6 Å². The number of aryl methyl sites for hydroxylation is 1. The summed E-state index contributed by atoms with van der Waals surface area (Å²) in [5, 5.41) is 15.0. The van der Waals surface area contributed by atoms with Crippen molar-refractivity contribution in [3.63, 3.8) is 0 Å². The molecule has 0 radical (unpaired) electrons. The Hall–Kier alpha value is -2.46. The summed E-state index contributed by atoms with van der Waals surface area (Å²) in [5.41, 5.74) is -1.66. The van der Waals surface area contributed by atoms with E-state index in [0.717, 1.165) is 24.0 Å². The zero-order valence-electron chi connectivity index (χ0n) is 13.9. The lowest BCUT2D eigenvalue weighted by Crippen LogP contribution is -2.20. The Balaban J connectivity index is 1.94. The minimum atomic E-state index is -4.79. The van der Waals surface area contributed by atoms with Crippen molar-refractivity contribution in [2.45, 2.75) is 25.9 Å². The SMILES string of the molecule is CCCc1nnc(NC(=O)c2cnn(-c3ccc(Cl)cc3)c2C(F)(F)F)s1. The second-order valence-corrected chi connectivity index (χ2v) is 7.00. The highest BCUT2D eigenvalue weighted by atomic mass is 35.5. The molecule has 2 aromatic heterocycles. The van der Waals surface area contributed by atoms with Gasteiger partial charge in [0.15, 0.2) is 5.69 Å². The van der Waals surface area contributed by atoms with Crippen molar-refractivity contribution in [3.8, 4) is 5.69 Å². The number of hydrogen-bond acceptors (Lipinski definition) is 5. The molecule has 1 N–H and O–H groups in total. The predicted molar refractivity (Wildman–Crippen MR) is 95.4 cm³/mol. The second-order valence-electron chi connectivity index (χ2n) is 5.50. The van der Waals surface area contributed by atoms with Gasteiger partial charge in [-0.15, -0.1) is 10.2 Å². The molecule has 0 unspecified atom stereocenters. The summed E-state index contributed by atoms with van der Waals surface area (Å²) in [4.78, 5) is 12.4. The highest BCUT2D eigenvalue weighted by Gasteiger charge is 2.40. The molecule has 6 nitrogen and oxygen atoms in total. The van der Waals surface area contributed by atoms with E-state index in [1.54, 1.807) is 0 Å². The molecular weight excluding hydrogens is 403 g/mol. The Morgan fingerprint density at radius 3 is 2.59 bits per heavy atom. The fraction of sp³-hybridized carbons (Fsp3) is 0.250. The standard InChI is InChI=1S/C16H13ClF3N5OS/c1-2-3-12-23-24-15(27-12)22-14(26)11-8-21-25(13(11)16(18,19)20)10-6-4-9(17)5-7-10/h4-8H,2-3H2,1H3,(H,22,24,26). The number of anilines is 1. The van der Waals surface area contributed by atoms with Crippen LogP contribution in [0.15, 0.2) is 30.5 Å². The summed E-state index contributed by atoms with van der Waals surface area (Å²) in [6.07, 6.45) is -2.40. The van der Waals surface area contributed by atoms with Gasteiger partial charge in [0, 0.05) is 11.4 Å². The minimum absolute atomic E-state index is 0.131. The zero-order chi connectivity index (χ0) is 19.6.